The first-order valence-electron chi connectivity index (χ1n) is 12.3. The van der Waals surface area contributed by atoms with Gasteiger partial charge in [-0.15, -0.1) is 11.3 Å². The molecule has 0 saturated carbocycles. The monoisotopic (exact) mass is 468 g/mol. The lowest BCUT2D eigenvalue weighted by atomic mass is 9.73. The fourth-order valence-electron chi connectivity index (χ4n) is 5.23. The van der Waals surface area contributed by atoms with Crippen molar-refractivity contribution < 1.29 is 14.3 Å². The first-order valence-corrected chi connectivity index (χ1v) is 13.2. The minimum Gasteiger partial charge on any atom is -0.491 e. The summed E-state index contributed by atoms with van der Waals surface area (Å²) in [7, 11) is 0. The van der Waals surface area contributed by atoms with Crippen molar-refractivity contribution in [3.05, 3.63) is 51.7 Å². The normalized spacial score (nSPS) is 19.2. The summed E-state index contributed by atoms with van der Waals surface area (Å²) in [5, 5.41) is 2.00. The van der Waals surface area contributed by atoms with E-state index in [4.69, 9.17) is 4.74 Å². The Hall–Kier alpha value is -2.34. The third-order valence-corrected chi connectivity index (χ3v) is 8.41. The van der Waals surface area contributed by atoms with E-state index in [9.17, 15) is 9.59 Å². The minimum absolute atomic E-state index is 0.0595. The van der Waals surface area contributed by atoms with E-state index in [1.54, 1.807) is 18.3 Å². The average molecular weight is 469 g/mol. The average Bonchev–Trinajstić information content (AvgIpc) is 3.30. The molecule has 33 heavy (non-hydrogen) atoms. The number of hydrogen-bond donors (Lipinski definition) is 0. The molecule has 4 rings (SSSR count). The van der Waals surface area contributed by atoms with Gasteiger partial charge in [0.2, 0.25) is 5.91 Å². The summed E-state index contributed by atoms with van der Waals surface area (Å²) >= 11 is 1.66. The van der Waals surface area contributed by atoms with Crippen LogP contribution in [-0.4, -0.2) is 54.4 Å². The molecule has 1 aromatic heterocycles. The molecule has 0 N–H and O–H groups in total. The summed E-state index contributed by atoms with van der Waals surface area (Å²) in [6, 6.07) is 10.3. The molecule has 2 aliphatic heterocycles. The Balaban J connectivity index is 1.58. The highest BCUT2D eigenvalue weighted by Crippen LogP contribution is 2.39. The predicted octanol–water partition coefficient (Wildman–Crippen LogP) is 5.19. The number of piperidine rings is 1. The molecule has 0 aliphatic carbocycles. The number of carbonyl (C=O) groups excluding carboxylic acids is 2. The number of likely N-dealkylation sites (tertiary alicyclic amines) is 1. The molecule has 2 aromatic rings. The standard InChI is InChI=1S/C27H36N2O3S/c1-3-24-18-23(19-33-24)26(31)29-16-17-32-25-10-5-4-8-22(25)9-6-7-11-27(20-29)12-14-28(15-13-27)21(2)30/h4-5,8,10,18-19H,3,6-7,9,11-17,20H2,1-2H3. The van der Waals surface area contributed by atoms with Gasteiger partial charge in [-0.1, -0.05) is 31.5 Å². The predicted molar refractivity (Wildman–Crippen MR) is 133 cm³/mol. The van der Waals surface area contributed by atoms with Gasteiger partial charge in [0.05, 0.1) is 12.1 Å². The van der Waals surface area contributed by atoms with Crippen molar-refractivity contribution in [3.8, 4) is 5.75 Å². The van der Waals surface area contributed by atoms with Gasteiger partial charge in [0, 0.05) is 36.8 Å². The molecule has 0 atom stereocenters. The number of benzene rings is 1. The molecule has 1 fully saturated rings. The van der Waals surface area contributed by atoms with Crippen LogP contribution >= 0.6 is 11.3 Å². The lowest BCUT2D eigenvalue weighted by Crippen LogP contribution is -2.49. The molecule has 0 unspecified atom stereocenters. The van der Waals surface area contributed by atoms with Crippen LogP contribution in [0.1, 0.15) is 66.8 Å². The quantitative estimate of drug-likeness (QED) is 0.610. The highest BCUT2D eigenvalue weighted by Gasteiger charge is 2.38. The van der Waals surface area contributed by atoms with Crippen molar-refractivity contribution >= 4 is 23.2 Å². The fraction of sp³-hybridized carbons (Fsp3) is 0.556. The summed E-state index contributed by atoms with van der Waals surface area (Å²) < 4.78 is 6.18. The number of thiophene rings is 1. The van der Waals surface area contributed by atoms with Gasteiger partial charge >= 0.3 is 0 Å². The molecule has 5 nitrogen and oxygen atoms in total. The Morgan fingerprint density at radius 1 is 1.06 bits per heavy atom. The van der Waals surface area contributed by atoms with Crippen LogP contribution < -0.4 is 4.74 Å². The molecule has 1 saturated heterocycles. The number of nitrogens with zero attached hydrogens (tertiary/aromatic N) is 2. The van der Waals surface area contributed by atoms with Crippen LogP contribution in [0.2, 0.25) is 0 Å². The highest BCUT2D eigenvalue weighted by molar-refractivity contribution is 7.10. The van der Waals surface area contributed by atoms with Crippen molar-refractivity contribution in [2.45, 2.75) is 58.8 Å². The smallest absolute Gasteiger partial charge is 0.254 e. The number of rotatable bonds is 2. The zero-order valence-electron chi connectivity index (χ0n) is 20.0. The van der Waals surface area contributed by atoms with Gasteiger partial charge in [0.25, 0.3) is 5.91 Å². The van der Waals surface area contributed by atoms with Crippen LogP contribution in [0.3, 0.4) is 0 Å². The summed E-state index contributed by atoms with van der Waals surface area (Å²) in [4.78, 5) is 30.7. The number of carbonyl (C=O) groups is 2. The second kappa shape index (κ2) is 10.7. The number of aryl methyl sites for hydroxylation is 2. The van der Waals surface area contributed by atoms with Crippen LogP contribution in [0, 0.1) is 5.41 Å². The number of para-hydroxylation sites is 1. The lowest BCUT2D eigenvalue weighted by molar-refractivity contribution is -0.131. The van der Waals surface area contributed by atoms with Crippen LogP contribution in [0.5, 0.6) is 5.75 Å². The van der Waals surface area contributed by atoms with Crippen molar-refractivity contribution in [3.63, 3.8) is 0 Å². The van der Waals surface area contributed by atoms with E-state index in [0.29, 0.717) is 13.2 Å². The molecule has 1 spiro atoms. The maximum atomic E-state index is 13.6. The minimum atomic E-state index is 0.0595. The van der Waals surface area contributed by atoms with Crippen molar-refractivity contribution in [1.82, 2.24) is 9.80 Å². The fourth-order valence-corrected chi connectivity index (χ4v) is 6.04. The Kier molecular flexibility index (Phi) is 7.74. The summed E-state index contributed by atoms with van der Waals surface area (Å²) in [5.74, 6) is 1.20. The van der Waals surface area contributed by atoms with E-state index in [1.165, 1.54) is 10.4 Å². The van der Waals surface area contributed by atoms with Crippen molar-refractivity contribution in [2.24, 2.45) is 5.41 Å². The van der Waals surface area contributed by atoms with Gasteiger partial charge in [-0.05, 0) is 61.6 Å². The number of fused-ring (bicyclic) bond motifs is 1. The van der Waals surface area contributed by atoms with Crippen LogP contribution in [0.25, 0.3) is 0 Å². The second-order valence-electron chi connectivity index (χ2n) is 9.55. The van der Waals surface area contributed by atoms with Gasteiger partial charge in [-0.25, -0.2) is 0 Å². The number of hydrogen-bond acceptors (Lipinski definition) is 4. The van der Waals surface area contributed by atoms with Gasteiger partial charge in [-0.2, -0.15) is 0 Å². The molecule has 3 heterocycles. The zero-order valence-corrected chi connectivity index (χ0v) is 20.8. The number of amides is 2. The molecule has 178 valence electrons. The topological polar surface area (TPSA) is 49.9 Å². The lowest BCUT2D eigenvalue weighted by Gasteiger charge is -2.44. The maximum Gasteiger partial charge on any atom is 0.254 e. The largest absolute Gasteiger partial charge is 0.491 e. The highest BCUT2D eigenvalue weighted by atomic mass is 32.1. The zero-order chi connectivity index (χ0) is 23.3. The molecule has 2 aliphatic rings. The van der Waals surface area contributed by atoms with E-state index in [0.717, 1.165) is 75.9 Å². The number of ether oxygens (including phenoxy) is 1. The molecular weight excluding hydrogens is 432 g/mol. The van der Waals surface area contributed by atoms with Crippen molar-refractivity contribution in [1.29, 1.82) is 0 Å². The van der Waals surface area contributed by atoms with Gasteiger partial charge in [0.1, 0.15) is 12.4 Å². The molecule has 0 bridgehead atoms. The van der Waals surface area contributed by atoms with Crippen LogP contribution in [0.4, 0.5) is 0 Å². The van der Waals surface area contributed by atoms with E-state index in [2.05, 4.69) is 19.1 Å². The van der Waals surface area contributed by atoms with Crippen LogP contribution in [0.15, 0.2) is 35.7 Å². The Labute approximate surface area is 201 Å². The molecular formula is C27H36N2O3S. The van der Waals surface area contributed by atoms with Gasteiger partial charge in [0.15, 0.2) is 0 Å². The molecule has 0 radical (unpaired) electrons. The van der Waals surface area contributed by atoms with E-state index in [1.807, 2.05) is 33.4 Å². The van der Waals surface area contributed by atoms with Gasteiger partial charge in [-0.3, -0.25) is 9.59 Å². The first kappa shape index (κ1) is 23.8. The van der Waals surface area contributed by atoms with Crippen molar-refractivity contribution in [2.75, 3.05) is 32.8 Å². The Bertz CT molecular complexity index is 962. The van der Waals surface area contributed by atoms with E-state index < -0.39 is 0 Å². The first-order chi connectivity index (χ1) is 16.0. The van der Waals surface area contributed by atoms with E-state index in [-0.39, 0.29) is 17.2 Å². The third kappa shape index (κ3) is 5.78. The van der Waals surface area contributed by atoms with Gasteiger partial charge < -0.3 is 14.5 Å². The molecule has 1 aromatic carbocycles. The maximum absolute atomic E-state index is 13.6. The molecule has 2 amide bonds. The summed E-state index contributed by atoms with van der Waals surface area (Å²) in [5.41, 5.74) is 2.10. The molecule has 6 heteroatoms. The SMILES string of the molecule is CCc1cc(C(=O)N2CCOc3ccccc3CCCCC3(CCN(C(C)=O)CC3)C2)cs1. The van der Waals surface area contributed by atoms with Crippen LogP contribution in [-0.2, 0) is 17.6 Å². The summed E-state index contributed by atoms with van der Waals surface area (Å²) in [6.45, 7) is 7.15. The summed E-state index contributed by atoms with van der Waals surface area (Å²) in [6.07, 6.45) is 7.20. The van der Waals surface area contributed by atoms with E-state index >= 15 is 0 Å². The Morgan fingerprint density at radius 3 is 2.58 bits per heavy atom. The third-order valence-electron chi connectivity index (χ3n) is 7.33. The second-order valence-corrected chi connectivity index (χ2v) is 10.5. The Morgan fingerprint density at radius 2 is 1.85 bits per heavy atom.